The maximum atomic E-state index is 12.1. The van der Waals surface area contributed by atoms with E-state index in [2.05, 4.69) is 31.1 Å². The van der Waals surface area contributed by atoms with Crippen LogP contribution in [-0.2, 0) is 0 Å². The lowest BCUT2D eigenvalue weighted by Gasteiger charge is -2.15. The third-order valence-electron chi connectivity index (χ3n) is 3.37. The van der Waals surface area contributed by atoms with Crippen molar-refractivity contribution in [1.82, 2.24) is 10.3 Å². The molecule has 0 bridgehead atoms. The first-order valence-corrected chi connectivity index (χ1v) is 6.94. The van der Waals surface area contributed by atoms with Gasteiger partial charge in [-0.15, -0.1) is 0 Å². The summed E-state index contributed by atoms with van der Waals surface area (Å²) in [5.41, 5.74) is 1.79. The molecule has 0 saturated heterocycles. The van der Waals surface area contributed by atoms with Gasteiger partial charge in [0.1, 0.15) is 0 Å². The third kappa shape index (κ3) is 3.60. The molecule has 0 radical (unpaired) electrons. The molecule has 3 nitrogen and oxygen atoms in total. The molecular weight excluding hydrogens is 236 g/mol. The minimum absolute atomic E-state index is 0.0133. The number of carbonyl (C=O) groups is 1. The maximum absolute atomic E-state index is 12.1. The van der Waals surface area contributed by atoms with Gasteiger partial charge in [0.15, 0.2) is 0 Å². The number of carbonyl (C=O) groups excluding carboxylic acids is 1. The van der Waals surface area contributed by atoms with Crippen LogP contribution >= 0.6 is 0 Å². The van der Waals surface area contributed by atoms with E-state index in [-0.39, 0.29) is 11.9 Å². The number of rotatable bonds is 5. The summed E-state index contributed by atoms with van der Waals surface area (Å²) in [5, 5.41) is 4.13. The van der Waals surface area contributed by atoms with E-state index in [4.69, 9.17) is 0 Å². The van der Waals surface area contributed by atoms with Crippen LogP contribution in [0.25, 0.3) is 10.9 Å². The summed E-state index contributed by atoms with van der Waals surface area (Å²) >= 11 is 0. The Balaban J connectivity index is 1.98. The highest BCUT2D eigenvalue weighted by Crippen LogP contribution is 2.14. The maximum Gasteiger partial charge on any atom is 0.251 e. The number of nitrogens with one attached hydrogen (secondary N) is 2. The first-order chi connectivity index (χ1) is 9.06. The van der Waals surface area contributed by atoms with E-state index in [0.29, 0.717) is 5.92 Å². The molecular formula is C16H22N2O. The monoisotopic (exact) mass is 258 g/mol. The standard InChI is InChI=1S/C16H22N2O/c1-11(2)4-5-12(3)18-16(19)14-6-7-15-13(10-14)8-9-17-15/h6-12,17H,4-5H2,1-3H3,(H,18,19). The molecule has 1 amide bonds. The Bertz CT molecular complexity index is 557. The minimum Gasteiger partial charge on any atom is -0.361 e. The van der Waals surface area contributed by atoms with Crippen LogP contribution in [0, 0.1) is 5.92 Å². The lowest BCUT2D eigenvalue weighted by Crippen LogP contribution is -2.32. The van der Waals surface area contributed by atoms with Crippen LogP contribution in [-0.4, -0.2) is 16.9 Å². The molecule has 2 aromatic rings. The SMILES string of the molecule is CC(C)CCC(C)NC(=O)c1ccc2[nH]ccc2c1. The van der Waals surface area contributed by atoms with Gasteiger partial charge in [0.2, 0.25) is 0 Å². The highest BCUT2D eigenvalue weighted by atomic mass is 16.1. The van der Waals surface area contributed by atoms with Gasteiger partial charge in [-0.05, 0) is 49.9 Å². The molecule has 0 fully saturated rings. The summed E-state index contributed by atoms with van der Waals surface area (Å²) < 4.78 is 0. The van der Waals surface area contributed by atoms with Crippen LogP contribution in [0.5, 0.6) is 0 Å². The molecule has 0 saturated carbocycles. The van der Waals surface area contributed by atoms with Crippen molar-refractivity contribution in [3.05, 3.63) is 36.0 Å². The second-order valence-electron chi connectivity index (χ2n) is 5.63. The van der Waals surface area contributed by atoms with E-state index in [9.17, 15) is 4.79 Å². The van der Waals surface area contributed by atoms with Gasteiger partial charge in [-0.3, -0.25) is 4.79 Å². The Morgan fingerprint density at radius 1 is 1.21 bits per heavy atom. The predicted molar refractivity (Wildman–Crippen MR) is 79.3 cm³/mol. The predicted octanol–water partition coefficient (Wildman–Crippen LogP) is 3.72. The molecule has 2 rings (SSSR count). The molecule has 0 aliphatic rings. The Morgan fingerprint density at radius 2 is 2.00 bits per heavy atom. The quantitative estimate of drug-likeness (QED) is 0.843. The van der Waals surface area contributed by atoms with Gasteiger partial charge in [-0.1, -0.05) is 13.8 Å². The van der Waals surface area contributed by atoms with E-state index in [1.54, 1.807) is 0 Å². The van der Waals surface area contributed by atoms with Crippen molar-refractivity contribution in [2.45, 2.75) is 39.7 Å². The van der Waals surface area contributed by atoms with Crippen molar-refractivity contribution in [2.75, 3.05) is 0 Å². The fourth-order valence-electron chi connectivity index (χ4n) is 2.16. The van der Waals surface area contributed by atoms with E-state index < -0.39 is 0 Å². The Hall–Kier alpha value is -1.77. The van der Waals surface area contributed by atoms with Crippen LogP contribution in [0.3, 0.4) is 0 Å². The van der Waals surface area contributed by atoms with Gasteiger partial charge in [-0.2, -0.15) is 0 Å². The highest BCUT2D eigenvalue weighted by Gasteiger charge is 2.10. The summed E-state index contributed by atoms with van der Waals surface area (Å²) in [5.74, 6) is 0.690. The Morgan fingerprint density at radius 3 is 2.74 bits per heavy atom. The summed E-state index contributed by atoms with van der Waals surface area (Å²) in [4.78, 5) is 15.3. The van der Waals surface area contributed by atoms with E-state index in [1.165, 1.54) is 0 Å². The van der Waals surface area contributed by atoms with E-state index in [1.807, 2.05) is 30.5 Å². The molecule has 1 aromatic carbocycles. The average Bonchev–Trinajstić information content (AvgIpc) is 2.83. The lowest BCUT2D eigenvalue weighted by atomic mass is 10.0. The van der Waals surface area contributed by atoms with Gasteiger partial charge in [0.05, 0.1) is 0 Å². The normalized spacial score (nSPS) is 12.8. The number of hydrogen-bond donors (Lipinski definition) is 2. The molecule has 1 aromatic heterocycles. The molecule has 1 atom stereocenters. The van der Waals surface area contributed by atoms with Crippen LogP contribution in [0.1, 0.15) is 44.0 Å². The summed E-state index contributed by atoms with van der Waals surface area (Å²) in [6.07, 6.45) is 4.05. The first kappa shape index (κ1) is 13.7. The fourth-order valence-corrected chi connectivity index (χ4v) is 2.16. The molecule has 1 heterocycles. The number of H-pyrrole nitrogens is 1. The molecule has 2 N–H and O–H groups in total. The molecule has 0 aliphatic carbocycles. The number of aromatic amines is 1. The van der Waals surface area contributed by atoms with Crippen molar-refractivity contribution >= 4 is 16.8 Å². The van der Waals surface area contributed by atoms with Crippen molar-refractivity contribution < 1.29 is 4.79 Å². The van der Waals surface area contributed by atoms with Crippen LogP contribution in [0.4, 0.5) is 0 Å². The molecule has 0 spiro atoms. The van der Waals surface area contributed by atoms with Gasteiger partial charge in [0, 0.05) is 28.7 Å². The molecule has 0 aliphatic heterocycles. The lowest BCUT2D eigenvalue weighted by molar-refractivity contribution is 0.0937. The van der Waals surface area contributed by atoms with Crippen molar-refractivity contribution in [3.8, 4) is 0 Å². The summed E-state index contributed by atoms with van der Waals surface area (Å²) in [7, 11) is 0. The number of benzene rings is 1. The smallest absolute Gasteiger partial charge is 0.251 e. The molecule has 102 valence electrons. The number of aromatic nitrogens is 1. The highest BCUT2D eigenvalue weighted by molar-refractivity contribution is 5.98. The second-order valence-corrected chi connectivity index (χ2v) is 5.63. The third-order valence-corrected chi connectivity index (χ3v) is 3.37. The van der Waals surface area contributed by atoms with E-state index >= 15 is 0 Å². The van der Waals surface area contributed by atoms with Gasteiger partial charge in [0.25, 0.3) is 5.91 Å². The first-order valence-electron chi connectivity index (χ1n) is 6.94. The average molecular weight is 258 g/mol. The Labute approximate surface area is 114 Å². The van der Waals surface area contributed by atoms with Crippen LogP contribution in [0.15, 0.2) is 30.5 Å². The van der Waals surface area contributed by atoms with Crippen LogP contribution < -0.4 is 5.32 Å². The fraction of sp³-hybridized carbons (Fsp3) is 0.438. The molecule has 3 heteroatoms. The van der Waals surface area contributed by atoms with Crippen LogP contribution in [0.2, 0.25) is 0 Å². The molecule has 19 heavy (non-hydrogen) atoms. The number of fused-ring (bicyclic) bond motifs is 1. The van der Waals surface area contributed by atoms with Crippen molar-refractivity contribution in [2.24, 2.45) is 5.92 Å². The zero-order valence-corrected chi connectivity index (χ0v) is 11.9. The largest absolute Gasteiger partial charge is 0.361 e. The Kier molecular flexibility index (Phi) is 4.25. The van der Waals surface area contributed by atoms with E-state index in [0.717, 1.165) is 29.3 Å². The topological polar surface area (TPSA) is 44.9 Å². The van der Waals surface area contributed by atoms with Crippen molar-refractivity contribution in [3.63, 3.8) is 0 Å². The number of hydrogen-bond acceptors (Lipinski definition) is 1. The minimum atomic E-state index is 0.0133. The number of amides is 1. The van der Waals surface area contributed by atoms with Gasteiger partial charge < -0.3 is 10.3 Å². The van der Waals surface area contributed by atoms with Gasteiger partial charge in [-0.25, -0.2) is 0 Å². The zero-order valence-electron chi connectivity index (χ0n) is 11.9. The summed E-state index contributed by atoms with van der Waals surface area (Å²) in [6, 6.07) is 7.94. The summed E-state index contributed by atoms with van der Waals surface area (Å²) in [6.45, 7) is 6.47. The van der Waals surface area contributed by atoms with Crippen molar-refractivity contribution in [1.29, 1.82) is 0 Å². The van der Waals surface area contributed by atoms with Gasteiger partial charge >= 0.3 is 0 Å². The second kappa shape index (κ2) is 5.91. The molecule has 1 unspecified atom stereocenters. The zero-order chi connectivity index (χ0) is 13.8.